The second kappa shape index (κ2) is 12.6. The van der Waals surface area contributed by atoms with E-state index in [9.17, 15) is 21.0 Å². The Kier molecular flexibility index (Phi) is 8.49. The van der Waals surface area contributed by atoms with Crippen LogP contribution in [0.5, 0.6) is 0 Å². The maximum absolute atomic E-state index is 10.6. The van der Waals surface area contributed by atoms with Crippen LogP contribution in [0, 0.1) is 63.1 Å². The Hall–Kier alpha value is -4.28. The van der Waals surface area contributed by atoms with Crippen molar-refractivity contribution in [1.82, 2.24) is 0 Å². The summed E-state index contributed by atoms with van der Waals surface area (Å²) in [5.74, 6) is -1.32. The zero-order valence-electron chi connectivity index (χ0n) is 24.8. The fourth-order valence-corrected chi connectivity index (χ4v) is 9.10. The Balaban J connectivity index is 1.68. The van der Waals surface area contributed by atoms with E-state index in [1.807, 2.05) is 66.7 Å². The lowest BCUT2D eigenvalue weighted by molar-refractivity contribution is 0.378. The molecule has 48 heavy (non-hydrogen) atoms. The van der Waals surface area contributed by atoms with Gasteiger partial charge in [-0.15, -0.1) is 0 Å². The molecular weight excluding hydrogens is 856 g/mol. The lowest BCUT2D eigenvalue weighted by Crippen LogP contribution is -2.47. The van der Waals surface area contributed by atoms with E-state index in [2.05, 4.69) is 124 Å². The predicted octanol–water partition coefficient (Wildman–Crippen LogP) is 11.2. The third-order valence-electron chi connectivity index (χ3n) is 9.69. The molecule has 3 aliphatic carbocycles. The second-order valence-electron chi connectivity index (χ2n) is 11.8. The third kappa shape index (κ3) is 4.83. The minimum absolute atomic E-state index is 0.0244. The molecule has 0 N–H and O–H groups in total. The van der Waals surface area contributed by atoms with Gasteiger partial charge in [-0.25, -0.2) is 0 Å². The minimum atomic E-state index is -0.836. The Labute approximate surface area is 312 Å². The summed E-state index contributed by atoms with van der Waals surface area (Å²) < 4.78 is 3.68. The van der Waals surface area contributed by atoms with Crippen LogP contribution in [0.4, 0.5) is 0 Å². The molecule has 4 aromatic carbocycles. The minimum Gasteiger partial charge on any atom is -0.192 e. The van der Waals surface area contributed by atoms with Gasteiger partial charge in [0.2, 0.25) is 0 Å². The van der Waals surface area contributed by atoms with E-state index in [-0.39, 0.29) is 11.1 Å². The normalized spacial score (nSPS) is 21.9. The predicted molar refractivity (Wildman–Crippen MR) is 200 cm³/mol. The first kappa shape index (κ1) is 32.3. The average molecular weight is 876 g/mol. The summed E-state index contributed by atoms with van der Waals surface area (Å²) in [6, 6.07) is 41.3. The Morgan fingerprint density at radius 3 is 1.46 bits per heavy atom. The molecule has 1 saturated carbocycles. The van der Waals surface area contributed by atoms with Crippen LogP contribution in [-0.2, 0) is 5.41 Å². The fourth-order valence-electron chi connectivity index (χ4n) is 8.05. The molecule has 8 heteroatoms. The fraction of sp³-hybridized carbons (Fsp3) is 0.100. The molecule has 1 fully saturated rings. The first-order valence-electron chi connectivity index (χ1n) is 14.9. The third-order valence-corrected chi connectivity index (χ3v) is 11.8. The number of benzene rings is 4. The Morgan fingerprint density at radius 2 is 0.979 bits per heavy atom. The van der Waals surface area contributed by atoms with Crippen LogP contribution in [-0.4, -0.2) is 0 Å². The maximum Gasteiger partial charge on any atom is 0.133 e. The molecule has 0 spiro atoms. The number of halogens is 4. The largest absolute Gasteiger partial charge is 0.192 e. The van der Waals surface area contributed by atoms with Gasteiger partial charge in [0.1, 0.15) is 35.4 Å². The molecule has 0 amide bonds. The van der Waals surface area contributed by atoms with Crippen molar-refractivity contribution in [3.05, 3.63) is 166 Å². The highest BCUT2D eigenvalue weighted by Gasteiger charge is 2.71. The van der Waals surface area contributed by atoms with Crippen LogP contribution in [0.15, 0.2) is 143 Å². The van der Waals surface area contributed by atoms with Crippen LogP contribution in [0.25, 0.3) is 16.7 Å². The van der Waals surface area contributed by atoms with Gasteiger partial charge < -0.3 is 0 Å². The van der Waals surface area contributed by atoms with Crippen LogP contribution in [0.1, 0.15) is 22.3 Å². The van der Waals surface area contributed by atoms with Gasteiger partial charge in [0.25, 0.3) is 0 Å². The molecule has 228 valence electrons. The van der Waals surface area contributed by atoms with Crippen molar-refractivity contribution >= 4 is 80.4 Å². The van der Waals surface area contributed by atoms with Crippen molar-refractivity contribution in [2.75, 3.05) is 0 Å². The van der Waals surface area contributed by atoms with Gasteiger partial charge in [0, 0.05) is 41.1 Å². The summed E-state index contributed by atoms with van der Waals surface area (Å²) >= 11 is 14.4. The van der Waals surface area contributed by atoms with Gasteiger partial charge in [0.15, 0.2) is 0 Å². The molecule has 4 unspecified atom stereocenters. The zero-order valence-corrected chi connectivity index (χ0v) is 31.2. The molecular formula is C40H20Br4N4. The molecule has 0 aromatic heterocycles. The summed E-state index contributed by atoms with van der Waals surface area (Å²) in [7, 11) is 0. The summed E-state index contributed by atoms with van der Waals surface area (Å²) in [5.41, 5.74) is 7.35. The van der Waals surface area contributed by atoms with Crippen molar-refractivity contribution in [2.24, 2.45) is 17.8 Å². The molecule has 4 nitrogen and oxygen atoms in total. The maximum atomic E-state index is 10.6. The molecule has 4 aromatic rings. The highest BCUT2D eigenvalue weighted by atomic mass is 79.9. The highest BCUT2D eigenvalue weighted by Crippen LogP contribution is 2.78. The van der Waals surface area contributed by atoms with Crippen molar-refractivity contribution in [1.29, 1.82) is 21.0 Å². The first-order chi connectivity index (χ1) is 23.3. The SMILES string of the molecule is N#CC(C#N)=C1C2C(c3ccc(Br)cc3)=CC(=C(C#N)C#N)C2C2(c3ccc(Br)cc3)C(c3ccc(Br)cc3)=C(c3ccc(Br)cc3)C12. The van der Waals surface area contributed by atoms with Crippen molar-refractivity contribution in [3.8, 4) is 24.3 Å². The lowest BCUT2D eigenvalue weighted by Gasteiger charge is -2.53. The Morgan fingerprint density at radius 1 is 0.542 bits per heavy atom. The number of nitriles is 4. The van der Waals surface area contributed by atoms with Gasteiger partial charge in [-0.05, 0) is 98.7 Å². The van der Waals surface area contributed by atoms with Crippen LogP contribution in [0.3, 0.4) is 0 Å². The molecule has 7 rings (SSSR count). The molecule has 4 atom stereocenters. The number of hydrogen-bond donors (Lipinski definition) is 0. The van der Waals surface area contributed by atoms with E-state index >= 15 is 0 Å². The van der Waals surface area contributed by atoms with Crippen LogP contribution in [0.2, 0.25) is 0 Å². The molecule has 3 aliphatic rings. The lowest BCUT2D eigenvalue weighted by atomic mass is 9.48. The molecule has 0 bridgehead atoms. The second-order valence-corrected chi connectivity index (χ2v) is 15.4. The van der Waals surface area contributed by atoms with Crippen LogP contribution >= 0.6 is 63.7 Å². The number of rotatable bonds is 4. The topological polar surface area (TPSA) is 95.2 Å². The smallest absolute Gasteiger partial charge is 0.133 e. The summed E-state index contributed by atoms with van der Waals surface area (Å²) in [6.07, 6.45) is 1.96. The van der Waals surface area contributed by atoms with Crippen LogP contribution < -0.4 is 0 Å². The van der Waals surface area contributed by atoms with E-state index in [0.717, 1.165) is 56.9 Å². The quantitative estimate of drug-likeness (QED) is 0.191. The summed E-state index contributed by atoms with van der Waals surface area (Å²) in [5, 5.41) is 41.9. The molecule has 0 radical (unpaired) electrons. The van der Waals surface area contributed by atoms with Gasteiger partial charge in [-0.3, -0.25) is 0 Å². The van der Waals surface area contributed by atoms with E-state index in [1.54, 1.807) is 0 Å². The van der Waals surface area contributed by atoms with E-state index in [4.69, 9.17) is 0 Å². The number of nitrogens with zero attached hydrogens (tertiary/aromatic N) is 4. The first-order valence-corrected chi connectivity index (χ1v) is 18.0. The number of allylic oxidation sites excluding steroid dienone is 8. The van der Waals surface area contributed by atoms with E-state index in [0.29, 0.717) is 11.1 Å². The molecule has 0 aliphatic heterocycles. The zero-order chi connectivity index (χ0) is 33.7. The van der Waals surface area contributed by atoms with Gasteiger partial charge in [-0.2, -0.15) is 21.0 Å². The van der Waals surface area contributed by atoms with E-state index in [1.165, 1.54) is 0 Å². The average Bonchev–Trinajstić information content (AvgIpc) is 3.58. The monoisotopic (exact) mass is 872 g/mol. The van der Waals surface area contributed by atoms with Gasteiger partial charge >= 0.3 is 0 Å². The summed E-state index contributed by atoms with van der Waals surface area (Å²) in [4.78, 5) is 0. The summed E-state index contributed by atoms with van der Waals surface area (Å²) in [6.45, 7) is 0. The van der Waals surface area contributed by atoms with Crippen molar-refractivity contribution in [2.45, 2.75) is 5.41 Å². The molecule has 0 heterocycles. The van der Waals surface area contributed by atoms with Gasteiger partial charge in [-0.1, -0.05) is 118 Å². The van der Waals surface area contributed by atoms with Crippen molar-refractivity contribution < 1.29 is 0 Å². The molecule has 0 saturated heterocycles. The van der Waals surface area contributed by atoms with E-state index < -0.39 is 23.2 Å². The highest BCUT2D eigenvalue weighted by molar-refractivity contribution is 9.11. The van der Waals surface area contributed by atoms with Crippen molar-refractivity contribution in [3.63, 3.8) is 0 Å². The Bertz CT molecular complexity index is 2270. The van der Waals surface area contributed by atoms with Gasteiger partial charge in [0.05, 0.1) is 0 Å². The number of fused-ring (bicyclic) bond motifs is 3. The number of hydrogen-bond acceptors (Lipinski definition) is 4. The standard InChI is InChI=1S/C40H20Br4N4/c41-28-9-1-22(2-10-28)32-17-33(25(18-45)19-46)38-36(32)34(26(20-47)21-48)39-35(23-3-11-29(42)12-4-23)37(24-5-13-30(43)14-6-24)40(38,39)27-7-15-31(44)16-8-27/h1-17,36,38-39H.